The molecule has 0 aliphatic carbocycles. The van der Waals surface area contributed by atoms with Crippen LogP contribution in [0, 0.1) is 0 Å². The van der Waals surface area contributed by atoms with E-state index in [9.17, 15) is 24.5 Å². The van der Waals surface area contributed by atoms with Gasteiger partial charge in [0.15, 0.2) is 0 Å². The lowest BCUT2D eigenvalue weighted by Crippen LogP contribution is -2.46. The number of hydrogen-bond acceptors (Lipinski definition) is 7. The van der Waals surface area contributed by atoms with E-state index in [-0.39, 0.29) is 19.6 Å². The van der Waals surface area contributed by atoms with Crippen LogP contribution in [-0.4, -0.2) is 59.0 Å². The summed E-state index contributed by atoms with van der Waals surface area (Å²) >= 11 is 0. The van der Waals surface area contributed by atoms with E-state index in [0.717, 1.165) is 44.9 Å². The normalized spacial score (nSPS) is 15.4. The summed E-state index contributed by atoms with van der Waals surface area (Å²) in [6.45, 7) is 3.80. The summed E-state index contributed by atoms with van der Waals surface area (Å²) in [6, 6.07) is -1.00. The number of amides is 1. The van der Waals surface area contributed by atoms with Crippen LogP contribution < -0.4 is 11.1 Å². The highest BCUT2D eigenvalue weighted by atomic mass is 31.2. The summed E-state index contributed by atoms with van der Waals surface area (Å²) in [5, 5.41) is 23.8. The first-order valence-electron chi connectivity index (χ1n) is 18.7. The molecule has 47 heavy (non-hydrogen) atoms. The molecule has 276 valence electrons. The van der Waals surface area contributed by atoms with Crippen molar-refractivity contribution >= 4 is 13.7 Å². The Labute approximate surface area is 287 Å². The number of allylic oxidation sites excluding steroid dienone is 5. The molecule has 0 radical (unpaired) electrons. The van der Waals surface area contributed by atoms with E-state index in [0.29, 0.717) is 12.8 Å². The fourth-order valence-electron chi connectivity index (χ4n) is 5.21. The van der Waals surface area contributed by atoms with Gasteiger partial charge in [0.2, 0.25) is 5.91 Å². The summed E-state index contributed by atoms with van der Waals surface area (Å²) in [7, 11) is -4.40. The number of carbonyl (C=O) groups excluding carboxylic acids is 1. The molecule has 0 aliphatic heterocycles. The van der Waals surface area contributed by atoms with Crippen molar-refractivity contribution in [2.75, 3.05) is 19.8 Å². The summed E-state index contributed by atoms with van der Waals surface area (Å²) in [5.74, 6) is -0.463. The number of phosphoric ester groups is 1. The number of phosphoric acid groups is 1. The van der Waals surface area contributed by atoms with Crippen LogP contribution in [0.5, 0.6) is 0 Å². The van der Waals surface area contributed by atoms with Crippen molar-refractivity contribution in [2.45, 2.75) is 173 Å². The molecule has 0 bridgehead atoms. The maximum atomic E-state index is 12.7. The average Bonchev–Trinajstić information content (AvgIpc) is 3.04. The van der Waals surface area contributed by atoms with E-state index in [1.807, 2.05) is 0 Å². The first-order chi connectivity index (χ1) is 22.8. The Kier molecular flexibility index (Phi) is 32.3. The lowest BCUT2D eigenvalue weighted by Gasteiger charge is -2.24. The summed E-state index contributed by atoms with van der Waals surface area (Å²) < 4.78 is 21.9. The monoisotopic (exact) mass is 686 g/mol. The molecule has 9 nitrogen and oxygen atoms in total. The Hall–Kier alpha value is -1.32. The van der Waals surface area contributed by atoms with Crippen LogP contribution in [0.3, 0.4) is 0 Å². The Balaban J connectivity index is 4.40. The minimum Gasteiger partial charge on any atom is -0.393 e. The number of nitrogens with two attached hydrogens (primary N) is 1. The SMILES string of the molecule is CC/C=C/CC/C=C/CC/C=C/C(O)C(COP(=O)(O)OCCN)NC(=O)CC(O)CCCCCCCCCCCCCCCCC. The first kappa shape index (κ1) is 45.7. The number of hydrogen-bond donors (Lipinski definition) is 5. The van der Waals surface area contributed by atoms with Crippen molar-refractivity contribution in [2.24, 2.45) is 5.73 Å². The molecule has 4 unspecified atom stereocenters. The van der Waals surface area contributed by atoms with Gasteiger partial charge in [-0.05, 0) is 38.5 Å². The fourth-order valence-corrected chi connectivity index (χ4v) is 5.97. The zero-order chi connectivity index (χ0) is 34.9. The van der Waals surface area contributed by atoms with Crippen LogP contribution in [0.4, 0.5) is 0 Å². The number of unbranched alkanes of at least 4 members (excludes halogenated alkanes) is 16. The van der Waals surface area contributed by atoms with Crippen LogP contribution in [0.2, 0.25) is 0 Å². The van der Waals surface area contributed by atoms with Crippen molar-refractivity contribution in [1.82, 2.24) is 5.32 Å². The standard InChI is InChI=1S/C37H71N2O7P/c1-3-5-7-9-11-13-15-16-17-18-19-20-22-24-26-28-34(40)32-37(42)39-35(33-46-47(43,44)45-31-30-38)36(41)29-27-25-23-21-14-12-10-8-6-4-2/h6,8,14,21,27,29,34-36,40-41H,3-5,7,9-13,15-20,22-26,28,30-33,38H2,1-2H3,(H,39,42)(H,43,44)/b8-6+,21-14+,29-27+. The second kappa shape index (κ2) is 33.2. The predicted molar refractivity (Wildman–Crippen MR) is 195 cm³/mol. The minimum atomic E-state index is -4.40. The van der Waals surface area contributed by atoms with Gasteiger partial charge in [0.1, 0.15) is 0 Å². The lowest BCUT2D eigenvalue weighted by atomic mass is 10.0. The molecular weight excluding hydrogens is 615 g/mol. The van der Waals surface area contributed by atoms with E-state index < -0.39 is 38.6 Å². The van der Waals surface area contributed by atoms with Gasteiger partial charge in [-0.25, -0.2) is 4.57 Å². The molecule has 0 fully saturated rings. The fraction of sp³-hybridized carbons (Fsp3) is 0.811. The highest BCUT2D eigenvalue weighted by Crippen LogP contribution is 2.43. The number of nitrogens with one attached hydrogen (secondary N) is 1. The topological polar surface area (TPSA) is 151 Å². The molecule has 0 aromatic heterocycles. The van der Waals surface area contributed by atoms with Gasteiger partial charge in [-0.1, -0.05) is 147 Å². The highest BCUT2D eigenvalue weighted by molar-refractivity contribution is 7.47. The van der Waals surface area contributed by atoms with Crippen LogP contribution in [0.1, 0.15) is 155 Å². The van der Waals surface area contributed by atoms with E-state index in [1.54, 1.807) is 12.2 Å². The van der Waals surface area contributed by atoms with Crippen molar-refractivity contribution < 1.29 is 33.5 Å². The van der Waals surface area contributed by atoms with Crippen molar-refractivity contribution in [1.29, 1.82) is 0 Å². The van der Waals surface area contributed by atoms with E-state index in [2.05, 4.69) is 43.5 Å². The van der Waals surface area contributed by atoms with Crippen LogP contribution in [0.25, 0.3) is 0 Å². The number of aliphatic hydroxyl groups is 2. The third-order valence-corrected chi connectivity index (χ3v) is 9.00. The van der Waals surface area contributed by atoms with Crippen molar-refractivity contribution in [3.63, 3.8) is 0 Å². The Morgan fingerprint density at radius 2 is 1.23 bits per heavy atom. The van der Waals surface area contributed by atoms with E-state index >= 15 is 0 Å². The summed E-state index contributed by atoms with van der Waals surface area (Å²) in [6.07, 6.45) is 33.9. The van der Waals surface area contributed by atoms with Crippen LogP contribution in [0.15, 0.2) is 36.5 Å². The van der Waals surface area contributed by atoms with Gasteiger partial charge >= 0.3 is 7.82 Å². The van der Waals surface area contributed by atoms with Gasteiger partial charge in [0.05, 0.1) is 37.9 Å². The van der Waals surface area contributed by atoms with E-state index in [4.69, 9.17) is 14.8 Å². The molecular formula is C37H71N2O7P. The van der Waals surface area contributed by atoms with Gasteiger partial charge in [-0.2, -0.15) is 0 Å². The quantitative estimate of drug-likeness (QED) is 0.0257. The van der Waals surface area contributed by atoms with Gasteiger partial charge < -0.3 is 26.2 Å². The third kappa shape index (κ3) is 31.7. The molecule has 10 heteroatoms. The Morgan fingerprint density at radius 1 is 0.745 bits per heavy atom. The molecule has 4 atom stereocenters. The lowest BCUT2D eigenvalue weighted by molar-refractivity contribution is -0.124. The summed E-state index contributed by atoms with van der Waals surface area (Å²) in [4.78, 5) is 22.6. The number of rotatable bonds is 34. The van der Waals surface area contributed by atoms with Gasteiger partial charge in [-0.3, -0.25) is 13.8 Å². The van der Waals surface area contributed by atoms with Crippen LogP contribution >= 0.6 is 7.82 Å². The number of aliphatic hydroxyl groups excluding tert-OH is 2. The molecule has 0 spiro atoms. The second-order valence-corrected chi connectivity index (χ2v) is 14.0. The molecule has 0 saturated carbocycles. The first-order valence-corrected chi connectivity index (χ1v) is 20.2. The summed E-state index contributed by atoms with van der Waals surface area (Å²) in [5.41, 5.74) is 5.33. The second-order valence-electron chi connectivity index (χ2n) is 12.6. The van der Waals surface area contributed by atoms with Crippen molar-refractivity contribution in [3.8, 4) is 0 Å². The Bertz CT molecular complexity index is 853. The molecule has 0 heterocycles. The average molecular weight is 687 g/mol. The zero-order valence-electron chi connectivity index (χ0n) is 29.9. The molecule has 0 aromatic rings. The highest BCUT2D eigenvalue weighted by Gasteiger charge is 2.27. The largest absolute Gasteiger partial charge is 0.472 e. The van der Waals surface area contributed by atoms with Gasteiger partial charge in [0.25, 0.3) is 0 Å². The van der Waals surface area contributed by atoms with Crippen molar-refractivity contribution in [3.05, 3.63) is 36.5 Å². The van der Waals surface area contributed by atoms with Gasteiger partial charge in [0, 0.05) is 6.54 Å². The van der Waals surface area contributed by atoms with E-state index in [1.165, 1.54) is 77.0 Å². The molecule has 0 aliphatic rings. The molecule has 0 saturated heterocycles. The third-order valence-electron chi connectivity index (χ3n) is 8.01. The number of carbonyl (C=O) groups is 1. The maximum Gasteiger partial charge on any atom is 0.472 e. The minimum absolute atomic E-state index is 0.0422. The van der Waals surface area contributed by atoms with Gasteiger partial charge in [-0.15, -0.1) is 0 Å². The molecule has 6 N–H and O–H groups in total. The van der Waals surface area contributed by atoms with Crippen LogP contribution in [-0.2, 0) is 18.4 Å². The molecule has 0 rings (SSSR count). The zero-order valence-corrected chi connectivity index (χ0v) is 30.8. The molecule has 0 aromatic carbocycles. The molecule has 1 amide bonds. The smallest absolute Gasteiger partial charge is 0.393 e. The predicted octanol–water partition coefficient (Wildman–Crippen LogP) is 8.58. The maximum absolute atomic E-state index is 12.7. The Morgan fingerprint density at radius 3 is 1.74 bits per heavy atom.